The first-order chi connectivity index (χ1) is 9.56. The fraction of sp³-hybridized carbons (Fsp3) is 0.471. The zero-order chi connectivity index (χ0) is 15.0. The van der Waals surface area contributed by atoms with Crippen LogP contribution in [0.2, 0.25) is 0 Å². The summed E-state index contributed by atoms with van der Waals surface area (Å²) in [4.78, 5) is 12.0. The molecule has 0 spiro atoms. The van der Waals surface area contributed by atoms with Crippen molar-refractivity contribution in [3.63, 3.8) is 0 Å². The van der Waals surface area contributed by atoms with E-state index in [0.29, 0.717) is 6.42 Å². The van der Waals surface area contributed by atoms with E-state index in [-0.39, 0.29) is 18.4 Å². The minimum Gasteiger partial charge on any atom is -0.395 e. The van der Waals surface area contributed by atoms with Gasteiger partial charge in [-0.25, -0.2) is 0 Å². The summed E-state index contributed by atoms with van der Waals surface area (Å²) in [7, 11) is 0. The molecule has 2 N–H and O–H groups in total. The van der Waals surface area contributed by atoms with E-state index in [9.17, 15) is 4.79 Å². The van der Waals surface area contributed by atoms with Gasteiger partial charge in [0.25, 0.3) is 0 Å². The number of nitrogens with one attached hydrogen (secondary N) is 1. The number of carbonyl (C=O) groups is 1. The van der Waals surface area contributed by atoms with Crippen LogP contribution in [0, 0.1) is 24.7 Å². The molecule has 1 aromatic carbocycles. The average molecular weight is 273 g/mol. The van der Waals surface area contributed by atoms with Crippen molar-refractivity contribution >= 4 is 11.6 Å². The summed E-state index contributed by atoms with van der Waals surface area (Å²) in [6, 6.07) is 5.78. The van der Waals surface area contributed by atoms with Crippen molar-refractivity contribution in [2.75, 3.05) is 11.9 Å². The Bertz CT molecular complexity index is 511. The molecule has 108 valence electrons. The van der Waals surface area contributed by atoms with Gasteiger partial charge in [-0.15, -0.1) is 0 Å². The monoisotopic (exact) mass is 273 g/mol. The topological polar surface area (TPSA) is 49.3 Å². The first-order valence-corrected chi connectivity index (χ1v) is 7.09. The molecule has 1 atom stereocenters. The van der Waals surface area contributed by atoms with E-state index in [4.69, 9.17) is 5.11 Å². The molecular weight excluding hydrogens is 250 g/mol. The van der Waals surface area contributed by atoms with Gasteiger partial charge < -0.3 is 10.4 Å². The van der Waals surface area contributed by atoms with Crippen LogP contribution in [0.4, 0.5) is 5.69 Å². The number of carbonyl (C=O) groups excluding carboxylic acids is 1. The molecule has 0 saturated carbocycles. The van der Waals surface area contributed by atoms with Crippen LogP contribution in [-0.4, -0.2) is 17.6 Å². The van der Waals surface area contributed by atoms with Gasteiger partial charge in [0.1, 0.15) is 0 Å². The number of aryl methyl sites for hydroxylation is 1. The maximum Gasteiger partial charge on any atom is 0.227 e. The molecule has 0 aliphatic carbocycles. The van der Waals surface area contributed by atoms with Crippen molar-refractivity contribution in [2.45, 2.75) is 40.0 Å². The van der Waals surface area contributed by atoms with E-state index in [1.54, 1.807) is 0 Å². The zero-order valence-corrected chi connectivity index (χ0v) is 12.5. The number of benzene rings is 1. The van der Waals surface area contributed by atoms with Crippen LogP contribution in [0.3, 0.4) is 0 Å². The largest absolute Gasteiger partial charge is 0.395 e. The molecule has 0 radical (unpaired) electrons. The molecule has 3 heteroatoms. The van der Waals surface area contributed by atoms with E-state index in [1.165, 1.54) is 0 Å². The molecule has 0 aliphatic heterocycles. The maximum absolute atomic E-state index is 12.0. The number of hydrogen-bond donors (Lipinski definition) is 2. The summed E-state index contributed by atoms with van der Waals surface area (Å²) in [5, 5.41) is 11.7. The van der Waals surface area contributed by atoms with Crippen molar-refractivity contribution < 1.29 is 9.90 Å². The van der Waals surface area contributed by atoms with Crippen LogP contribution < -0.4 is 5.32 Å². The molecule has 0 aromatic heterocycles. The van der Waals surface area contributed by atoms with E-state index < -0.39 is 0 Å². The third-order valence-electron chi connectivity index (χ3n) is 2.98. The molecule has 0 fully saturated rings. The van der Waals surface area contributed by atoms with Gasteiger partial charge in [-0.1, -0.05) is 32.1 Å². The molecule has 0 bridgehead atoms. The summed E-state index contributed by atoms with van der Waals surface area (Å²) in [6.07, 6.45) is 2.35. The van der Waals surface area contributed by atoms with Gasteiger partial charge in [-0.2, -0.15) is 0 Å². The second kappa shape index (κ2) is 8.39. The van der Waals surface area contributed by atoms with E-state index in [0.717, 1.165) is 29.7 Å². The first-order valence-electron chi connectivity index (χ1n) is 7.09. The second-order valence-corrected chi connectivity index (χ2v) is 5.04. The lowest BCUT2D eigenvalue weighted by Gasteiger charge is -2.12. The fourth-order valence-corrected chi connectivity index (χ4v) is 1.98. The Hall–Kier alpha value is -1.79. The van der Waals surface area contributed by atoms with Crippen molar-refractivity contribution in [1.29, 1.82) is 0 Å². The third kappa shape index (κ3) is 5.46. The van der Waals surface area contributed by atoms with Crippen molar-refractivity contribution in [3.8, 4) is 11.8 Å². The molecule has 0 saturated heterocycles. The highest BCUT2D eigenvalue weighted by molar-refractivity contribution is 5.92. The minimum absolute atomic E-state index is 0.0180. The summed E-state index contributed by atoms with van der Waals surface area (Å²) < 4.78 is 0. The van der Waals surface area contributed by atoms with Crippen molar-refractivity contribution in [3.05, 3.63) is 29.3 Å². The number of amides is 1. The first kappa shape index (κ1) is 16.3. The van der Waals surface area contributed by atoms with E-state index in [1.807, 2.05) is 32.0 Å². The van der Waals surface area contributed by atoms with Crippen LogP contribution in [0.5, 0.6) is 0 Å². The van der Waals surface area contributed by atoms with Crippen molar-refractivity contribution in [1.82, 2.24) is 0 Å². The van der Waals surface area contributed by atoms with Gasteiger partial charge in [-0.05, 0) is 37.1 Å². The van der Waals surface area contributed by atoms with Gasteiger partial charge >= 0.3 is 0 Å². The third-order valence-corrected chi connectivity index (χ3v) is 2.98. The predicted molar refractivity (Wildman–Crippen MR) is 82.5 cm³/mol. The summed E-state index contributed by atoms with van der Waals surface area (Å²) in [6.45, 7) is 6.06. The Labute approximate surface area is 121 Å². The lowest BCUT2D eigenvalue weighted by atomic mass is 10.0. The zero-order valence-electron chi connectivity index (χ0n) is 12.5. The number of aliphatic hydroxyl groups excluding tert-OH is 1. The lowest BCUT2D eigenvalue weighted by Crippen LogP contribution is -2.20. The Balaban J connectivity index is 2.81. The number of rotatable bonds is 5. The van der Waals surface area contributed by atoms with Crippen LogP contribution >= 0.6 is 0 Å². The van der Waals surface area contributed by atoms with Gasteiger partial charge in [0.2, 0.25) is 5.91 Å². The predicted octanol–water partition coefficient (Wildman–Crippen LogP) is 3.10. The van der Waals surface area contributed by atoms with Crippen LogP contribution in [-0.2, 0) is 4.79 Å². The Kier molecular flexibility index (Phi) is 6.83. The molecule has 3 nitrogen and oxygen atoms in total. The average Bonchev–Trinajstić information content (AvgIpc) is 2.38. The van der Waals surface area contributed by atoms with Crippen LogP contribution in [0.15, 0.2) is 18.2 Å². The summed E-state index contributed by atoms with van der Waals surface area (Å²) in [5.74, 6) is 5.95. The molecule has 1 amide bonds. The lowest BCUT2D eigenvalue weighted by molar-refractivity contribution is -0.119. The molecule has 0 aliphatic rings. The van der Waals surface area contributed by atoms with Gasteiger partial charge in [0, 0.05) is 23.6 Å². The molecule has 1 unspecified atom stereocenters. The van der Waals surface area contributed by atoms with E-state index in [2.05, 4.69) is 24.1 Å². The fourth-order valence-electron chi connectivity index (χ4n) is 1.98. The highest BCUT2D eigenvalue weighted by Crippen LogP contribution is 2.16. The van der Waals surface area contributed by atoms with Gasteiger partial charge in [-0.3, -0.25) is 4.79 Å². The molecular formula is C17H23NO2. The summed E-state index contributed by atoms with van der Waals surface area (Å²) in [5.41, 5.74) is 2.70. The Morgan fingerprint density at radius 1 is 1.40 bits per heavy atom. The van der Waals surface area contributed by atoms with Crippen LogP contribution in [0.25, 0.3) is 0 Å². The van der Waals surface area contributed by atoms with Crippen LogP contribution in [0.1, 0.15) is 44.2 Å². The molecule has 1 rings (SSSR count). The smallest absolute Gasteiger partial charge is 0.227 e. The maximum atomic E-state index is 12.0. The highest BCUT2D eigenvalue weighted by atomic mass is 16.2. The molecule has 1 aromatic rings. The number of aliphatic hydroxyl groups is 1. The Morgan fingerprint density at radius 3 is 2.80 bits per heavy atom. The normalized spacial score (nSPS) is 11.4. The quantitative estimate of drug-likeness (QED) is 0.810. The number of anilines is 1. The van der Waals surface area contributed by atoms with Crippen molar-refractivity contribution in [2.24, 2.45) is 5.92 Å². The van der Waals surface area contributed by atoms with Gasteiger partial charge in [0.15, 0.2) is 0 Å². The second-order valence-electron chi connectivity index (χ2n) is 5.04. The molecule has 0 heterocycles. The highest BCUT2D eigenvalue weighted by Gasteiger charge is 2.12. The van der Waals surface area contributed by atoms with Gasteiger partial charge in [0.05, 0.1) is 6.61 Å². The Morgan fingerprint density at radius 2 is 2.15 bits per heavy atom. The van der Waals surface area contributed by atoms with E-state index >= 15 is 0 Å². The molecule has 20 heavy (non-hydrogen) atoms. The standard InChI is InChI=1S/C17H23NO2/c1-4-7-14(3)17(20)18-16-11-13(2)10-15(12-16)8-5-6-9-19/h10-12,14,19H,4,6-7,9H2,1-3H3,(H,18,20). The summed E-state index contributed by atoms with van der Waals surface area (Å²) >= 11 is 0. The number of hydrogen-bond acceptors (Lipinski definition) is 2. The SMILES string of the molecule is CCCC(C)C(=O)Nc1cc(C)cc(C#CCCO)c1. The minimum atomic E-state index is 0.0180.